The van der Waals surface area contributed by atoms with Crippen LogP contribution in [0.3, 0.4) is 0 Å². The summed E-state index contributed by atoms with van der Waals surface area (Å²) in [6.45, 7) is 4.95. The van der Waals surface area contributed by atoms with Crippen LogP contribution < -0.4 is 0 Å². The van der Waals surface area contributed by atoms with Crippen LogP contribution >= 0.6 is 0 Å². The third-order valence-electron chi connectivity index (χ3n) is 3.97. The van der Waals surface area contributed by atoms with Crippen LogP contribution in [0.5, 0.6) is 0 Å². The predicted octanol–water partition coefficient (Wildman–Crippen LogP) is 2.44. The van der Waals surface area contributed by atoms with Crippen molar-refractivity contribution < 1.29 is 19.7 Å². The number of aliphatic hydroxyl groups excluding tert-OH is 2. The highest BCUT2D eigenvalue weighted by Crippen LogP contribution is 2.25. The third kappa shape index (κ3) is 5.21. The van der Waals surface area contributed by atoms with Crippen molar-refractivity contribution >= 4 is 0 Å². The molecule has 4 atom stereocenters. The number of ether oxygens (including phenoxy) is 2. The van der Waals surface area contributed by atoms with Gasteiger partial charge in [-0.1, -0.05) is 36.4 Å². The quantitative estimate of drug-likeness (QED) is 0.572. The standard InChI is InChI=1S/C18H26O4/c1-2-7-17-18(20)16(19)12-15(22-17)10-6-11-21-13-14-8-4-3-5-9-14/h2-5,8-9,15-20H,1,6-7,10-13H2/t15-,16+,17-,18+/m1/s1. The largest absolute Gasteiger partial charge is 0.390 e. The van der Waals surface area contributed by atoms with Gasteiger partial charge in [0.1, 0.15) is 6.10 Å². The van der Waals surface area contributed by atoms with Gasteiger partial charge in [-0.15, -0.1) is 6.58 Å². The summed E-state index contributed by atoms with van der Waals surface area (Å²) in [5, 5.41) is 19.8. The van der Waals surface area contributed by atoms with Crippen molar-refractivity contribution in [1.29, 1.82) is 0 Å². The van der Waals surface area contributed by atoms with Crippen LogP contribution in [0.2, 0.25) is 0 Å². The summed E-state index contributed by atoms with van der Waals surface area (Å²) < 4.78 is 11.5. The molecule has 0 amide bonds. The fourth-order valence-electron chi connectivity index (χ4n) is 2.76. The van der Waals surface area contributed by atoms with Gasteiger partial charge in [-0.2, -0.15) is 0 Å². The summed E-state index contributed by atoms with van der Waals surface area (Å²) in [5.74, 6) is 0. The van der Waals surface area contributed by atoms with Crippen LogP contribution in [-0.4, -0.2) is 41.2 Å². The molecule has 2 rings (SSSR count). The highest BCUT2D eigenvalue weighted by Gasteiger charge is 2.35. The minimum atomic E-state index is -0.816. The van der Waals surface area contributed by atoms with E-state index in [9.17, 15) is 10.2 Å². The lowest BCUT2D eigenvalue weighted by molar-refractivity contribution is -0.169. The molecule has 122 valence electrons. The molecule has 4 nitrogen and oxygen atoms in total. The smallest absolute Gasteiger partial charge is 0.106 e. The van der Waals surface area contributed by atoms with Crippen molar-refractivity contribution in [2.75, 3.05) is 6.61 Å². The third-order valence-corrected chi connectivity index (χ3v) is 3.97. The molecule has 0 aromatic heterocycles. The minimum absolute atomic E-state index is 0.0244. The average Bonchev–Trinajstić information content (AvgIpc) is 2.53. The Bertz CT molecular complexity index is 434. The molecular weight excluding hydrogens is 280 g/mol. The SMILES string of the molecule is C=CC[C@H]1O[C@H](CCCOCc2ccccc2)C[C@H](O)[C@@H]1O. The van der Waals surface area contributed by atoms with Crippen LogP contribution in [0, 0.1) is 0 Å². The highest BCUT2D eigenvalue weighted by molar-refractivity contribution is 5.13. The van der Waals surface area contributed by atoms with Crippen molar-refractivity contribution in [3.05, 3.63) is 48.6 Å². The van der Waals surface area contributed by atoms with Crippen LogP contribution in [0.4, 0.5) is 0 Å². The van der Waals surface area contributed by atoms with Gasteiger partial charge in [0.2, 0.25) is 0 Å². The Hall–Kier alpha value is -1.20. The van der Waals surface area contributed by atoms with Gasteiger partial charge in [-0.25, -0.2) is 0 Å². The minimum Gasteiger partial charge on any atom is -0.390 e. The first-order valence-corrected chi connectivity index (χ1v) is 7.95. The normalized spacial score (nSPS) is 28.5. The van der Waals surface area contributed by atoms with E-state index in [1.165, 1.54) is 5.56 Å². The summed E-state index contributed by atoms with van der Waals surface area (Å²) in [6, 6.07) is 10.1. The Morgan fingerprint density at radius 3 is 2.77 bits per heavy atom. The molecule has 1 aromatic rings. The number of rotatable bonds is 8. The Kier molecular flexibility index (Phi) is 7.06. The molecule has 0 bridgehead atoms. The van der Waals surface area contributed by atoms with E-state index in [1.54, 1.807) is 6.08 Å². The Morgan fingerprint density at radius 1 is 1.27 bits per heavy atom. The van der Waals surface area contributed by atoms with E-state index in [2.05, 4.69) is 6.58 Å². The van der Waals surface area contributed by atoms with E-state index in [0.717, 1.165) is 12.8 Å². The van der Waals surface area contributed by atoms with Gasteiger partial charge < -0.3 is 19.7 Å². The topological polar surface area (TPSA) is 58.9 Å². The summed E-state index contributed by atoms with van der Waals surface area (Å²) in [7, 11) is 0. The van der Waals surface area contributed by atoms with Gasteiger partial charge in [0.05, 0.1) is 24.9 Å². The molecule has 4 heteroatoms. The highest BCUT2D eigenvalue weighted by atomic mass is 16.5. The van der Waals surface area contributed by atoms with E-state index in [1.807, 2.05) is 30.3 Å². The van der Waals surface area contributed by atoms with Crippen molar-refractivity contribution in [2.24, 2.45) is 0 Å². The molecule has 0 radical (unpaired) electrons. The van der Waals surface area contributed by atoms with Crippen molar-refractivity contribution in [3.63, 3.8) is 0 Å². The van der Waals surface area contributed by atoms with Gasteiger partial charge in [0, 0.05) is 13.0 Å². The van der Waals surface area contributed by atoms with Crippen LogP contribution in [-0.2, 0) is 16.1 Å². The molecule has 1 aromatic carbocycles. The first-order valence-electron chi connectivity index (χ1n) is 7.95. The van der Waals surface area contributed by atoms with E-state index >= 15 is 0 Å². The zero-order valence-corrected chi connectivity index (χ0v) is 12.9. The maximum atomic E-state index is 9.90. The van der Waals surface area contributed by atoms with Gasteiger partial charge >= 0.3 is 0 Å². The molecule has 0 unspecified atom stereocenters. The molecule has 0 saturated carbocycles. The van der Waals surface area contributed by atoms with Crippen molar-refractivity contribution in [1.82, 2.24) is 0 Å². The van der Waals surface area contributed by atoms with Gasteiger partial charge in [0.15, 0.2) is 0 Å². The first kappa shape index (κ1) is 17.2. The van der Waals surface area contributed by atoms with E-state index in [0.29, 0.717) is 26.1 Å². The monoisotopic (exact) mass is 306 g/mol. The second-order valence-electron chi connectivity index (χ2n) is 5.79. The lowest BCUT2D eigenvalue weighted by atomic mass is 9.94. The van der Waals surface area contributed by atoms with Crippen molar-refractivity contribution in [2.45, 2.75) is 56.7 Å². The van der Waals surface area contributed by atoms with E-state index in [-0.39, 0.29) is 12.2 Å². The Balaban J connectivity index is 1.65. The fraction of sp³-hybridized carbons (Fsp3) is 0.556. The number of hydrogen-bond donors (Lipinski definition) is 2. The Morgan fingerprint density at radius 2 is 2.05 bits per heavy atom. The summed E-state index contributed by atoms with van der Waals surface area (Å²) in [4.78, 5) is 0. The zero-order valence-electron chi connectivity index (χ0n) is 12.9. The van der Waals surface area contributed by atoms with E-state index < -0.39 is 12.2 Å². The molecule has 0 spiro atoms. The molecule has 1 aliphatic rings. The maximum absolute atomic E-state index is 9.90. The molecule has 1 heterocycles. The average molecular weight is 306 g/mol. The number of benzene rings is 1. The van der Waals surface area contributed by atoms with Crippen LogP contribution in [0.1, 0.15) is 31.2 Å². The first-order chi connectivity index (χ1) is 10.7. The summed E-state index contributed by atoms with van der Waals surface area (Å²) in [5.41, 5.74) is 1.17. The van der Waals surface area contributed by atoms with Crippen LogP contribution in [0.15, 0.2) is 43.0 Å². The van der Waals surface area contributed by atoms with Crippen molar-refractivity contribution in [3.8, 4) is 0 Å². The van der Waals surface area contributed by atoms with E-state index in [4.69, 9.17) is 9.47 Å². The second-order valence-corrected chi connectivity index (χ2v) is 5.79. The zero-order chi connectivity index (χ0) is 15.8. The molecule has 1 saturated heterocycles. The van der Waals surface area contributed by atoms with Gasteiger partial charge in [-0.3, -0.25) is 0 Å². The molecule has 1 aliphatic heterocycles. The molecular formula is C18H26O4. The summed E-state index contributed by atoms with van der Waals surface area (Å²) in [6.07, 6.45) is 2.55. The number of aliphatic hydroxyl groups is 2. The van der Waals surface area contributed by atoms with Crippen LogP contribution in [0.25, 0.3) is 0 Å². The van der Waals surface area contributed by atoms with Gasteiger partial charge in [-0.05, 0) is 24.8 Å². The molecule has 22 heavy (non-hydrogen) atoms. The lowest BCUT2D eigenvalue weighted by Crippen LogP contribution is -2.48. The summed E-state index contributed by atoms with van der Waals surface area (Å²) >= 11 is 0. The Labute approximate surface area is 132 Å². The second kappa shape index (κ2) is 9.06. The lowest BCUT2D eigenvalue weighted by Gasteiger charge is -2.37. The molecule has 0 aliphatic carbocycles. The maximum Gasteiger partial charge on any atom is 0.106 e. The fourth-order valence-corrected chi connectivity index (χ4v) is 2.76. The molecule has 2 N–H and O–H groups in total. The number of hydrogen-bond acceptors (Lipinski definition) is 4. The van der Waals surface area contributed by atoms with Gasteiger partial charge in [0.25, 0.3) is 0 Å². The predicted molar refractivity (Wildman–Crippen MR) is 85.4 cm³/mol. The molecule has 1 fully saturated rings.